The van der Waals surface area contributed by atoms with Gasteiger partial charge in [-0.25, -0.2) is 4.79 Å². The first-order valence-electron chi connectivity index (χ1n) is 5.90. The summed E-state index contributed by atoms with van der Waals surface area (Å²) in [6, 6.07) is 3.95. The number of nitrogen functional groups attached to an aromatic ring is 1. The van der Waals surface area contributed by atoms with Crippen molar-refractivity contribution in [1.82, 2.24) is 5.32 Å². The van der Waals surface area contributed by atoms with E-state index in [4.69, 9.17) is 15.2 Å². The summed E-state index contributed by atoms with van der Waals surface area (Å²) in [7, 11) is 1.44. The number of anilines is 1. The molecule has 3 N–H and O–H groups in total. The van der Waals surface area contributed by atoms with Gasteiger partial charge in [0.25, 0.3) is 5.91 Å². The van der Waals surface area contributed by atoms with Crippen LogP contribution in [-0.4, -0.2) is 31.6 Å². The SMILES string of the molecule is CCOC(=O)C(C)NC(=O)c1ccc(N)cc1OC. The van der Waals surface area contributed by atoms with Crippen LogP contribution < -0.4 is 15.8 Å². The Balaban J connectivity index is 2.81. The molecule has 6 nitrogen and oxygen atoms in total. The van der Waals surface area contributed by atoms with Gasteiger partial charge in [-0.15, -0.1) is 0 Å². The van der Waals surface area contributed by atoms with E-state index in [0.29, 0.717) is 17.0 Å². The van der Waals surface area contributed by atoms with Crippen LogP contribution in [0.25, 0.3) is 0 Å². The van der Waals surface area contributed by atoms with Crippen molar-refractivity contribution in [2.24, 2.45) is 0 Å². The van der Waals surface area contributed by atoms with E-state index >= 15 is 0 Å². The summed E-state index contributed by atoms with van der Waals surface area (Å²) in [4.78, 5) is 23.4. The first-order chi connectivity index (χ1) is 8.99. The molecule has 0 saturated heterocycles. The fourth-order valence-electron chi connectivity index (χ4n) is 1.50. The number of nitrogens with two attached hydrogens (primary N) is 1. The van der Waals surface area contributed by atoms with E-state index in [2.05, 4.69) is 5.32 Å². The molecule has 1 unspecified atom stereocenters. The van der Waals surface area contributed by atoms with Crippen LogP contribution in [0.2, 0.25) is 0 Å². The first-order valence-corrected chi connectivity index (χ1v) is 5.90. The van der Waals surface area contributed by atoms with Crippen molar-refractivity contribution < 1.29 is 19.1 Å². The highest BCUT2D eigenvalue weighted by atomic mass is 16.5. The first kappa shape index (κ1) is 14.8. The molecule has 19 heavy (non-hydrogen) atoms. The molecular formula is C13H18N2O4. The minimum atomic E-state index is -0.727. The number of rotatable bonds is 5. The van der Waals surface area contributed by atoms with Crippen LogP contribution >= 0.6 is 0 Å². The largest absolute Gasteiger partial charge is 0.496 e. The van der Waals surface area contributed by atoms with Crippen molar-refractivity contribution in [3.63, 3.8) is 0 Å². The number of amides is 1. The molecule has 1 aromatic rings. The van der Waals surface area contributed by atoms with Gasteiger partial charge in [-0.1, -0.05) is 0 Å². The molecule has 1 atom stereocenters. The summed E-state index contributed by atoms with van der Waals surface area (Å²) in [5.74, 6) is -0.545. The molecule has 0 heterocycles. The Morgan fingerprint density at radius 2 is 2.11 bits per heavy atom. The number of nitrogens with one attached hydrogen (secondary N) is 1. The second-order valence-electron chi connectivity index (χ2n) is 3.91. The van der Waals surface area contributed by atoms with Crippen LogP contribution in [0.5, 0.6) is 5.75 Å². The summed E-state index contributed by atoms with van der Waals surface area (Å²) in [6.07, 6.45) is 0. The predicted octanol–water partition coefficient (Wildman–Crippen LogP) is 0.959. The average molecular weight is 266 g/mol. The van der Waals surface area contributed by atoms with E-state index < -0.39 is 17.9 Å². The number of methoxy groups -OCH3 is 1. The molecule has 0 aliphatic carbocycles. The minimum absolute atomic E-state index is 0.268. The van der Waals surface area contributed by atoms with Gasteiger partial charge in [0.05, 0.1) is 19.3 Å². The smallest absolute Gasteiger partial charge is 0.328 e. The third-order valence-corrected chi connectivity index (χ3v) is 2.46. The zero-order valence-corrected chi connectivity index (χ0v) is 11.2. The van der Waals surface area contributed by atoms with Crippen molar-refractivity contribution in [1.29, 1.82) is 0 Å². The Bertz CT molecular complexity index is 474. The second kappa shape index (κ2) is 6.63. The van der Waals surface area contributed by atoms with Gasteiger partial charge in [0.15, 0.2) is 0 Å². The molecule has 0 bridgehead atoms. The number of hydrogen-bond acceptors (Lipinski definition) is 5. The maximum atomic E-state index is 12.0. The second-order valence-corrected chi connectivity index (χ2v) is 3.91. The molecule has 1 amide bonds. The lowest BCUT2D eigenvalue weighted by Crippen LogP contribution is -2.39. The zero-order chi connectivity index (χ0) is 14.4. The summed E-state index contributed by atoms with van der Waals surface area (Å²) >= 11 is 0. The summed E-state index contributed by atoms with van der Waals surface area (Å²) in [6.45, 7) is 3.53. The Kier molecular flexibility index (Phi) is 5.17. The molecule has 0 aliphatic heterocycles. The van der Waals surface area contributed by atoms with Gasteiger partial charge in [0.1, 0.15) is 11.8 Å². The lowest BCUT2D eigenvalue weighted by atomic mass is 10.1. The third kappa shape index (κ3) is 3.87. The topological polar surface area (TPSA) is 90.7 Å². The van der Waals surface area contributed by atoms with Crippen molar-refractivity contribution in [2.75, 3.05) is 19.5 Å². The van der Waals surface area contributed by atoms with E-state index in [-0.39, 0.29) is 6.61 Å². The molecule has 0 aromatic heterocycles. The Hall–Kier alpha value is -2.24. The lowest BCUT2D eigenvalue weighted by molar-refractivity contribution is -0.144. The van der Waals surface area contributed by atoms with Gasteiger partial charge in [-0.2, -0.15) is 0 Å². The quantitative estimate of drug-likeness (QED) is 0.612. The molecule has 0 saturated carbocycles. The molecule has 0 aliphatic rings. The van der Waals surface area contributed by atoms with Crippen LogP contribution in [0.4, 0.5) is 5.69 Å². The average Bonchev–Trinajstić information content (AvgIpc) is 2.38. The number of ether oxygens (including phenoxy) is 2. The molecular weight excluding hydrogens is 248 g/mol. The van der Waals surface area contributed by atoms with Crippen LogP contribution in [0.3, 0.4) is 0 Å². The zero-order valence-electron chi connectivity index (χ0n) is 11.2. The normalized spacial score (nSPS) is 11.5. The maximum Gasteiger partial charge on any atom is 0.328 e. The number of carbonyl (C=O) groups is 2. The Morgan fingerprint density at radius 1 is 1.42 bits per heavy atom. The molecule has 6 heteroatoms. The monoisotopic (exact) mass is 266 g/mol. The van der Waals surface area contributed by atoms with Crippen LogP contribution in [0, 0.1) is 0 Å². The minimum Gasteiger partial charge on any atom is -0.496 e. The molecule has 1 rings (SSSR count). The maximum absolute atomic E-state index is 12.0. The fourth-order valence-corrected chi connectivity index (χ4v) is 1.50. The van der Waals surface area contributed by atoms with Crippen molar-refractivity contribution in [2.45, 2.75) is 19.9 Å². The highest BCUT2D eigenvalue weighted by Crippen LogP contribution is 2.21. The summed E-state index contributed by atoms with van der Waals surface area (Å²) in [5, 5.41) is 2.54. The Morgan fingerprint density at radius 3 is 2.68 bits per heavy atom. The lowest BCUT2D eigenvalue weighted by Gasteiger charge is -2.14. The van der Waals surface area contributed by atoms with Crippen LogP contribution in [0.15, 0.2) is 18.2 Å². The van der Waals surface area contributed by atoms with Gasteiger partial charge >= 0.3 is 5.97 Å². The Labute approximate surface area is 111 Å². The number of carbonyl (C=O) groups excluding carboxylic acids is 2. The van der Waals surface area contributed by atoms with E-state index in [1.165, 1.54) is 7.11 Å². The summed E-state index contributed by atoms with van der Waals surface area (Å²) < 4.78 is 9.89. The van der Waals surface area contributed by atoms with E-state index in [1.807, 2.05) is 0 Å². The fraction of sp³-hybridized carbons (Fsp3) is 0.385. The van der Waals surface area contributed by atoms with Crippen molar-refractivity contribution in [3.05, 3.63) is 23.8 Å². The van der Waals surface area contributed by atoms with Crippen molar-refractivity contribution >= 4 is 17.6 Å². The molecule has 0 fully saturated rings. The van der Waals surface area contributed by atoms with Crippen LogP contribution in [0.1, 0.15) is 24.2 Å². The highest BCUT2D eigenvalue weighted by molar-refractivity contribution is 5.99. The predicted molar refractivity (Wildman–Crippen MR) is 71.0 cm³/mol. The van der Waals surface area contributed by atoms with Gasteiger partial charge in [0, 0.05) is 11.8 Å². The van der Waals surface area contributed by atoms with Gasteiger partial charge in [-0.05, 0) is 26.0 Å². The van der Waals surface area contributed by atoms with E-state index in [1.54, 1.807) is 32.0 Å². The van der Waals surface area contributed by atoms with Gasteiger partial charge in [0.2, 0.25) is 0 Å². The van der Waals surface area contributed by atoms with Crippen LogP contribution in [-0.2, 0) is 9.53 Å². The van der Waals surface area contributed by atoms with E-state index in [0.717, 1.165) is 0 Å². The van der Waals surface area contributed by atoms with Crippen molar-refractivity contribution in [3.8, 4) is 5.75 Å². The number of esters is 1. The van der Waals surface area contributed by atoms with E-state index in [9.17, 15) is 9.59 Å². The highest BCUT2D eigenvalue weighted by Gasteiger charge is 2.19. The van der Waals surface area contributed by atoms with Gasteiger partial charge in [-0.3, -0.25) is 4.79 Å². The number of hydrogen-bond donors (Lipinski definition) is 2. The summed E-state index contributed by atoms with van der Waals surface area (Å²) in [5.41, 5.74) is 6.41. The molecule has 0 radical (unpaired) electrons. The molecule has 104 valence electrons. The number of benzene rings is 1. The molecule has 1 aromatic carbocycles. The standard InChI is InChI=1S/C13H18N2O4/c1-4-19-13(17)8(2)15-12(16)10-6-5-9(14)7-11(10)18-3/h5-8H,4,14H2,1-3H3,(H,15,16). The third-order valence-electron chi connectivity index (χ3n) is 2.46. The molecule has 0 spiro atoms. The van der Waals surface area contributed by atoms with Gasteiger partial charge < -0.3 is 20.5 Å².